The van der Waals surface area contributed by atoms with Crippen LogP contribution < -0.4 is 9.47 Å². The Morgan fingerprint density at radius 2 is 1.52 bits per heavy atom. The summed E-state index contributed by atoms with van der Waals surface area (Å²) in [6.07, 6.45) is 0.532. The van der Waals surface area contributed by atoms with Crippen LogP contribution in [0, 0.1) is 0 Å². The molecule has 0 unspecified atom stereocenters. The molecular weight excluding hydrogens is 348 g/mol. The van der Waals surface area contributed by atoms with E-state index >= 15 is 0 Å². The van der Waals surface area contributed by atoms with Gasteiger partial charge >= 0.3 is 0 Å². The third-order valence-corrected chi connectivity index (χ3v) is 4.26. The molecule has 3 N–H and O–H groups in total. The Bertz CT molecular complexity index is 993. The van der Waals surface area contributed by atoms with Gasteiger partial charge in [0, 0.05) is 5.56 Å². The minimum Gasteiger partial charge on any atom is -0.508 e. The van der Waals surface area contributed by atoms with Crippen LogP contribution in [0.3, 0.4) is 0 Å². The Morgan fingerprint density at radius 3 is 2.11 bits per heavy atom. The molecule has 27 heavy (non-hydrogen) atoms. The fraction of sp³-hybridized carbons (Fsp3) is 0.0952. The van der Waals surface area contributed by atoms with Gasteiger partial charge in [0.1, 0.15) is 17.2 Å². The molecule has 0 aromatic heterocycles. The number of rotatable bonds is 5. The molecule has 3 aromatic rings. The smallest absolute Gasteiger partial charge is 0.170 e. The SMILES string of the molecule is COc1cc(-c2ccc(O)cc2)c(OC)c(O)c1-c1ccc(O)c(C=O)c1. The maximum atomic E-state index is 11.1. The summed E-state index contributed by atoms with van der Waals surface area (Å²) in [7, 11) is 2.90. The van der Waals surface area contributed by atoms with Gasteiger partial charge < -0.3 is 24.8 Å². The molecule has 0 atom stereocenters. The molecule has 0 radical (unpaired) electrons. The number of ether oxygens (including phenoxy) is 2. The van der Waals surface area contributed by atoms with Crippen molar-refractivity contribution in [2.45, 2.75) is 0 Å². The first-order valence-corrected chi connectivity index (χ1v) is 8.06. The van der Waals surface area contributed by atoms with E-state index in [1.165, 1.54) is 38.5 Å². The van der Waals surface area contributed by atoms with Crippen LogP contribution in [-0.2, 0) is 0 Å². The quantitative estimate of drug-likeness (QED) is 0.592. The minimum absolute atomic E-state index is 0.0931. The van der Waals surface area contributed by atoms with Crippen molar-refractivity contribution >= 4 is 6.29 Å². The van der Waals surface area contributed by atoms with E-state index in [2.05, 4.69) is 0 Å². The maximum absolute atomic E-state index is 11.1. The number of methoxy groups -OCH3 is 2. The van der Waals surface area contributed by atoms with Gasteiger partial charge in [-0.15, -0.1) is 0 Å². The topological polar surface area (TPSA) is 96.2 Å². The zero-order chi connectivity index (χ0) is 19.6. The number of phenolic OH excluding ortho intramolecular Hbond substituents is 3. The predicted octanol–water partition coefficient (Wildman–Crippen LogP) is 3.97. The van der Waals surface area contributed by atoms with Gasteiger partial charge in [-0.3, -0.25) is 4.79 Å². The second kappa shape index (κ2) is 7.29. The van der Waals surface area contributed by atoms with E-state index in [4.69, 9.17) is 9.47 Å². The van der Waals surface area contributed by atoms with Crippen molar-refractivity contribution in [3.05, 3.63) is 54.1 Å². The van der Waals surface area contributed by atoms with Crippen molar-refractivity contribution in [2.24, 2.45) is 0 Å². The van der Waals surface area contributed by atoms with Crippen LogP contribution in [0.5, 0.6) is 28.7 Å². The molecule has 0 aliphatic heterocycles. The fourth-order valence-electron chi connectivity index (χ4n) is 2.93. The zero-order valence-electron chi connectivity index (χ0n) is 14.8. The molecule has 0 bridgehead atoms. The standard InChI is InChI=1S/C21H18O6/c1-26-18-10-16(12-3-6-15(23)7-4-12)21(27-2)20(25)19(18)13-5-8-17(24)14(9-13)11-22/h3-11,23-25H,1-2H3. The van der Waals surface area contributed by atoms with E-state index < -0.39 is 0 Å². The fourth-order valence-corrected chi connectivity index (χ4v) is 2.93. The number of hydrogen-bond acceptors (Lipinski definition) is 6. The molecule has 3 rings (SSSR count). The Hall–Kier alpha value is -3.67. The van der Waals surface area contributed by atoms with E-state index in [-0.39, 0.29) is 28.6 Å². The van der Waals surface area contributed by atoms with E-state index in [0.717, 1.165) is 0 Å². The molecule has 0 amide bonds. The molecule has 3 aromatic carbocycles. The highest BCUT2D eigenvalue weighted by atomic mass is 16.5. The third kappa shape index (κ3) is 3.25. The van der Waals surface area contributed by atoms with Gasteiger partial charge in [0.05, 0.1) is 25.3 Å². The normalized spacial score (nSPS) is 10.4. The van der Waals surface area contributed by atoms with Crippen LogP contribution >= 0.6 is 0 Å². The average molecular weight is 366 g/mol. The van der Waals surface area contributed by atoms with Crippen LogP contribution in [0.1, 0.15) is 10.4 Å². The highest BCUT2D eigenvalue weighted by Gasteiger charge is 2.22. The maximum Gasteiger partial charge on any atom is 0.170 e. The van der Waals surface area contributed by atoms with Gasteiger partial charge in [0.2, 0.25) is 0 Å². The molecule has 0 aliphatic carbocycles. The van der Waals surface area contributed by atoms with E-state index in [1.807, 2.05) is 0 Å². The number of benzene rings is 3. The summed E-state index contributed by atoms with van der Waals surface area (Å²) < 4.78 is 10.9. The van der Waals surface area contributed by atoms with Crippen LogP contribution in [-0.4, -0.2) is 35.8 Å². The molecule has 0 heterocycles. The lowest BCUT2D eigenvalue weighted by Crippen LogP contribution is -1.96. The first kappa shape index (κ1) is 18.1. The lowest BCUT2D eigenvalue weighted by Gasteiger charge is -2.18. The Labute approximate surface area is 155 Å². The number of aromatic hydroxyl groups is 3. The lowest BCUT2D eigenvalue weighted by atomic mass is 9.95. The summed E-state index contributed by atoms with van der Waals surface area (Å²) in [6.45, 7) is 0. The largest absolute Gasteiger partial charge is 0.508 e. The first-order valence-electron chi connectivity index (χ1n) is 8.06. The molecule has 0 saturated carbocycles. The van der Waals surface area contributed by atoms with E-state index in [0.29, 0.717) is 34.3 Å². The second-order valence-corrected chi connectivity index (χ2v) is 5.82. The van der Waals surface area contributed by atoms with Crippen molar-refractivity contribution in [3.63, 3.8) is 0 Å². The van der Waals surface area contributed by atoms with Gasteiger partial charge in [0.15, 0.2) is 17.8 Å². The summed E-state index contributed by atoms with van der Waals surface area (Å²) in [6, 6.07) is 12.5. The molecular formula is C21H18O6. The van der Waals surface area contributed by atoms with Crippen molar-refractivity contribution in [1.82, 2.24) is 0 Å². The van der Waals surface area contributed by atoms with Crippen LogP contribution in [0.4, 0.5) is 0 Å². The molecule has 6 heteroatoms. The molecule has 0 spiro atoms. The summed E-state index contributed by atoms with van der Waals surface area (Å²) >= 11 is 0. The van der Waals surface area contributed by atoms with E-state index in [9.17, 15) is 20.1 Å². The molecule has 0 aliphatic rings. The molecule has 6 nitrogen and oxygen atoms in total. The number of aldehydes is 1. The number of carbonyl (C=O) groups excluding carboxylic acids is 1. The van der Waals surface area contributed by atoms with Gasteiger partial charge in [-0.1, -0.05) is 18.2 Å². The number of hydrogen-bond donors (Lipinski definition) is 3. The van der Waals surface area contributed by atoms with Crippen LogP contribution in [0.2, 0.25) is 0 Å². The first-order chi connectivity index (χ1) is 13.0. The van der Waals surface area contributed by atoms with Gasteiger partial charge in [0.25, 0.3) is 0 Å². The average Bonchev–Trinajstić information content (AvgIpc) is 2.68. The van der Waals surface area contributed by atoms with Crippen molar-refractivity contribution in [2.75, 3.05) is 14.2 Å². The summed E-state index contributed by atoms with van der Waals surface area (Å²) in [5.41, 5.74) is 2.20. The third-order valence-electron chi connectivity index (χ3n) is 4.26. The molecule has 138 valence electrons. The summed E-state index contributed by atoms with van der Waals surface area (Å²) in [5, 5.41) is 30.1. The monoisotopic (exact) mass is 366 g/mol. The zero-order valence-corrected chi connectivity index (χ0v) is 14.8. The predicted molar refractivity (Wildman–Crippen MR) is 101 cm³/mol. The van der Waals surface area contributed by atoms with Gasteiger partial charge in [-0.05, 0) is 41.5 Å². The highest BCUT2D eigenvalue weighted by Crippen LogP contribution is 2.49. The Morgan fingerprint density at radius 1 is 0.852 bits per heavy atom. The minimum atomic E-state index is -0.164. The molecule has 0 saturated heterocycles. The Balaban J connectivity index is 2.27. The van der Waals surface area contributed by atoms with Gasteiger partial charge in [-0.25, -0.2) is 0 Å². The summed E-state index contributed by atoms with van der Waals surface area (Å²) in [4.78, 5) is 11.1. The van der Waals surface area contributed by atoms with Crippen molar-refractivity contribution in [1.29, 1.82) is 0 Å². The van der Waals surface area contributed by atoms with Crippen LogP contribution in [0.15, 0.2) is 48.5 Å². The van der Waals surface area contributed by atoms with E-state index in [1.54, 1.807) is 24.3 Å². The number of carbonyl (C=O) groups is 1. The molecule has 0 fully saturated rings. The van der Waals surface area contributed by atoms with Gasteiger partial charge in [-0.2, -0.15) is 0 Å². The second-order valence-electron chi connectivity index (χ2n) is 5.82. The number of phenols is 3. The lowest BCUT2D eigenvalue weighted by molar-refractivity contribution is 0.112. The Kier molecular flexibility index (Phi) is 4.90. The van der Waals surface area contributed by atoms with Crippen LogP contribution in [0.25, 0.3) is 22.3 Å². The highest BCUT2D eigenvalue weighted by molar-refractivity contribution is 5.90. The van der Waals surface area contributed by atoms with Crippen molar-refractivity contribution < 1.29 is 29.6 Å². The van der Waals surface area contributed by atoms with Crippen molar-refractivity contribution in [3.8, 4) is 51.0 Å². The summed E-state index contributed by atoms with van der Waals surface area (Å²) in [5.74, 6) is 0.384.